The minimum Gasteiger partial charge on any atom is -0.379 e. The van der Waals surface area contributed by atoms with Gasteiger partial charge in [0.15, 0.2) is 0 Å². The smallest absolute Gasteiger partial charge is 0.274 e. The molecule has 30 heavy (non-hydrogen) atoms. The van der Waals surface area contributed by atoms with Gasteiger partial charge in [0.1, 0.15) is 11.5 Å². The number of fused-ring (bicyclic) bond motifs is 1. The van der Waals surface area contributed by atoms with Crippen molar-refractivity contribution < 1.29 is 9.53 Å². The van der Waals surface area contributed by atoms with Crippen LogP contribution >= 0.6 is 0 Å². The van der Waals surface area contributed by atoms with E-state index in [9.17, 15) is 9.59 Å². The molecule has 0 radical (unpaired) electrons. The minimum atomic E-state index is -0.318. The third-order valence-electron chi connectivity index (χ3n) is 5.23. The van der Waals surface area contributed by atoms with Crippen molar-refractivity contribution in [2.75, 3.05) is 50.0 Å². The van der Waals surface area contributed by atoms with Gasteiger partial charge in [-0.3, -0.25) is 14.5 Å². The van der Waals surface area contributed by atoms with E-state index in [0.29, 0.717) is 11.4 Å². The summed E-state index contributed by atoms with van der Waals surface area (Å²) in [5.74, 6) is 0.397. The van der Waals surface area contributed by atoms with Crippen LogP contribution in [0.1, 0.15) is 10.4 Å². The Morgan fingerprint density at radius 3 is 2.70 bits per heavy atom. The van der Waals surface area contributed by atoms with Gasteiger partial charge < -0.3 is 19.9 Å². The lowest BCUT2D eigenvalue weighted by Gasteiger charge is -2.26. The number of aryl methyl sites for hydroxylation is 1. The molecule has 1 aromatic carbocycles. The number of ether oxygens (including phenoxy) is 1. The third kappa shape index (κ3) is 4.50. The molecule has 3 aromatic rings. The van der Waals surface area contributed by atoms with E-state index in [-0.39, 0.29) is 17.2 Å². The maximum atomic E-state index is 12.8. The predicted molar refractivity (Wildman–Crippen MR) is 117 cm³/mol. The second-order valence-corrected chi connectivity index (χ2v) is 7.25. The topological polar surface area (TPSA) is 88.5 Å². The number of anilines is 2. The fraction of sp³-hybridized carbons (Fsp3) is 0.318. The molecule has 156 valence electrons. The lowest BCUT2D eigenvalue weighted by Crippen LogP contribution is -2.39. The summed E-state index contributed by atoms with van der Waals surface area (Å²) in [5, 5.41) is 6.81. The Morgan fingerprint density at radius 2 is 1.93 bits per heavy atom. The monoisotopic (exact) mass is 407 g/mol. The number of nitrogens with zero attached hydrogens (tertiary/aromatic N) is 3. The molecule has 3 heterocycles. The summed E-state index contributed by atoms with van der Waals surface area (Å²) in [4.78, 5) is 32.0. The molecule has 1 aliphatic heterocycles. The van der Waals surface area contributed by atoms with Crippen molar-refractivity contribution in [3.63, 3.8) is 0 Å². The summed E-state index contributed by atoms with van der Waals surface area (Å²) >= 11 is 0. The predicted octanol–water partition coefficient (Wildman–Crippen LogP) is 1.93. The maximum Gasteiger partial charge on any atom is 0.274 e. The number of pyridine rings is 2. The molecule has 0 saturated carbocycles. The average molecular weight is 407 g/mol. The molecule has 0 spiro atoms. The van der Waals surface area contributed by atoms with Crippen molar-refractivity contribution in [2.45, 2.75) is 0 Å². The Balaban J connectivity index is 1.49. The molecular weight excluding hydrogens is 382 g/mol. The number of hydrogen-bond acceptors (Lipinski definition) is 6. The standard InChI is InChI=1S/C22H25N5O3/c1-26-19-14-20(23-7-8-27-9-11-30-12-10-27)24-15-17(19)13-18(22(26)29)25-21(28)16-5-3-2-4-6-16/h2-6,13-15H,7-12H2,1H3,(H,23,24)(H,25,28). The van der Waals surface area contributed by atoms with Gasteiger partial charge in [0.25, 0.3) is 11.5 Å². The second kappa shape index (κ2) is 9.06. The molecule has 1 fully saturated rings. The number of nitrogens with one attached hydrogen (secondary N) is 2. The zero-order valence-electron chi connectivity index (χ0n) is 16.9. The van der Waals surface area contributed by atoms with Crippen LogP contribution in [0.25, 0.3) is 10.9 Å². The molecule has 0 bridgehead atoms. The first-order valence-electron chi connectivity index (χ1n) is 10.0. The minimum absolute atomic E-state index is 0.230. The SMILES string of the molecule is Cn1c(=O)c(NC(=O)c2ccccc2)cc2cnc(NCCN3CCOCC3)cc21. The summed E-state index contributed by atoms with van der Waals surface area (Å²) in [6.45, 7) is 5.11. The number of amides is 1. The Labute approximate surface area is 174 Å². The van der Waals surface area contributed by atoms with Gasteiger partial charge in [0.05, 0.1) is 18.7 Å². The number of rotatable bonds is 6. The summed E-state index contributed by atoms with van der Waals surface area (Å²) in [5.41, 5.74) is 1.21. The van der Waals surface area contributed by atoms with E-state index in [1.807, 2.05) is 12.1 Å². The van der Waals surface area contributed by atoms with Gasteiger partial charge in [0.2, 0.25) is 0 Å². The molecule has 0 aliphatic carbocycles. The fourth-order valence-corrected chi connectivity index (χ4v) is 3.50. The highest BCUT2D eigenvalue weighted by molar-refractivity contribution is 6.04. The number of aromatic nitrogens is 2. The number of morpholine rings is 1. The normalized spacial score (nSPS) is 14.6. The number of benzene rings is 1. The van der Waals surface area contributed by atoms with Crippen LogP contribution in [0.3, 0.4) is 0 Å². The zero-order valence-corrected chi connectivity index (χ0v) is 16.9. The molecule has 1 amide bonds. The largest absolute Gasteiger partial charge is 0.379 e. The highest BCUT2D eigenvalue weighted by Gasteiger charge is 2.13. The van der Waals surface area contributed by atoms with Crippen molar-refractivity contribution in [1.29, 1.82) is 0 Å². The molecular formula is C22H25N5O3. The lowest BCUT2D eigenvalue weighted by molar-refractivity contribution is 0.0398. The van der Waals surface area contributed by atoms with Crippen LogP contribution in [0.4, 0.5) is 11.5 Å². The molecule has 0 atom stereocenters. The van der Waals surface area contributed by atoms with Gasteiger partial charge in [0, 0.05) is 56.4 Å². The number of carbonyl (C=O) groups is 1. The average Bonchev–Trinajstić information content (AvgIpc) is 2.79. The molecule has 1 saturated heterocycles. The third-order valence-corrected chi connectivity index (χ3v) is 5.23. The Kier molecular flexibility index (Phi) is 6.06. The molecule has 1 aliphatic rings. The van der Waals surface area contributed by atoms with Crippen molar-refractivity contribution in [1.82, 2.24) is 14.5 Å². The van der Waals surface area contributed by atoms with E-state index in [0.717, 1.165) is 50.3 Å². The summed E-state index contributed by atoms with van der Waals surface area (Å²) in [6, 6.07) is 12.3. The van der Waals surface area contributed by atoms with Gasteiger partial charge in [-0.25, -0.2) is 4.98 Å². The van der Waals surface area contributed by atoms with Gasteiger partial charge in [-0.1, -0.05) is 18.2 Å². The molecule has 8 heteroatoms. The first-order chi connectivity index (χ1) is 14.6. The van der Waals surface area contributed by atoms with E-state index >= 15 is 0 Å². The number of carbonyl (C=O) groups excluding carboxylic acids is 1. The molecule has 8 nitrogen and oxygen atoms in total. The van der Waals surface area contributed by atoms with E-state index in [1.165, 1.54) is 4.57 Å². The number of hydrogen-bond donors (Lipinski definition) is 2. The van der Waals surface area contributed by atoms with Crippen LogP contribution in [0.5, 0.6) is 0 Å². The summed E-state index contributed by atoms with van der Waals surface area (Å²) < 4.78 is 6.90. The van der Waals surface area contributed by atoms with Crippen molar-refractivity contribution in [3.8, 4) is 0 Å². The van der Waals surface area contributed by atoms with Crippen LogP contribution in [0, 0.1) is 0 Å². The van der Waals surface area contributed by atoms with E-state index in [4.69, 9.17) is 4.74 Å². The van der Waals surface area contributed by atoms with Gasteiger partial charge in [-0.2, -0.15) is 0 Å². The maximum absolute atomic E-state index is 12.8. The van der Waals surface area contributed by atoms with Crippen LogP contribution in [-0.2, 0) is 11.8 Å². The zero-order chi connectivity index (χ0) is 20.9. The van der Waals surface area contributed by atoms with Crippen molar-refractivity contribution in [3.05, 3.63) is 64.6 Å². The Bertz CT molecular complexity index is 1090. The summed E-state index contributed by atoms with van der Waals surface area (Å²) in [6.07, 6.45) is 1.71. The van der Waals surface area contributed by atoms with Crippen molar-refractivity contribution in [2.24, 2.45) is 7.05 Å². The van der Waals surface area contributed by atoms with Gasteiger partial charge >= 0.3 is 0 Å². The highest BCUT2D eigenvalue weighted by Crippen LogP contribution is 2.18. The Hall–Kier alpha value is -3.23. The van der Waals surface area contributed by atoms with Crippen LogP contribution in [0.2, 0.25) is 0 Å². The molecule has 2 aromatic heterocycles. The molecule has 4 rings (SSSR count). The fourth-order valence-electron chi connectivity index (χ4n) is 3.50. The van der Waals surface area contributed by atoms with Gasteiger partial charge in [-0.05, 0) is 18.2 Å². The van der Waals surface area contributed by atoms with Crippen LogP contribution in [0.15, 0.2) is 53.5 Å². The van der Waals surface area contributed by atoms with E-state index in [1.54, 1.807) is 43.6 Å². The summed E-state index contributed by atoms with van der Waals surface area (Å²) in [7, 11) is 1.69. The first-order valence-corrected chi connectivity index (χ1v) is 10.0. The first kappa shape index (κ1) is 20.1. The van der Waals surface area contributed by atoms with Crippen LogP contribution in [-0.4, -0.2) is 59.8 Å². The van der Waals surface area contributed by atoms with E-state index in [2.05, 4.69) is 20.5 Å². The Morgan fingerprint density at radius 1 is 1.17 bits per heavy atom. The quantitative estimate of drug-likeness (QED) is 0.649. The van der Waals surface area contributed by atoms with Crippen molar-refractivity contribution >= 4 is 28.3 Å². The molecule has 0 unspecified atom stereocenters. The second-order valence-electron chi connectivity index (χ2n) is 7.25. The molecule has 2 N–H and O–H groups in total. The highest BCUT2D eigenvalue weighted by atomic mass is 16.5. The van der Waals surface area contributed by atoms with E-state index < -0.39 is 0 Å². The lowest BCUT2D eigenvalue weighted by atomic mass is 10.2. The van der Waals surface area contributed by atoms with Crippen LogP contribution < -0.4 is 16.2 Å². The van der Waals surface area contributed by atoms with Gasteiger partial charge in [-0.15, -0.1) is 0 Å².